The largest absolute Gasteiger partial charge is 0.380 e. The first-order valence-corrected chi connectivity index (χ1v) is 7.89. The fourth-order valence-corrected chi connectivity index (χ4v) is 2.56. The Hall–Kier alpha value is -1.51. The first-order chi connectivity index (χ1) is 9.68. The summed E-state index contributed by atoms with van der Waals surface area (Å²) in [5.41, 5.74) is -0.174. The second kappa shape index (κ2) is 6.97. The van der Waals surface area contributed by atoms with Gasteiger partial charge in [0.2, 0.25) is 10.0 Å². The van der Waals surface area contributed by atoms with Crippen molar-refractivity contribution in [2.75, 3.05) is 26.8 Å². The smallest absolute Gasteiger partial charge is 0.253 e. The Morgan fingerprint density at radius 2 is 2.05 bits per heavy atom. The highest BCUT2D eigenvalue weighted by Crippen LogP contribution is 2.20. The molecule has 0 fully saturated rings. The molecule has 1 aromatic carbocycles. The van der Waals surface area contributed by atoms with Crippen LogP contribution >= 0.6 is 0 Å². The Labute approximate surface area is 123 Å². The zero-order chi connectivity index (χ0) is 16.2. The maximum Gasteiger partial charge on any atom is 0.253 e. The van der Waals surface area contributed by atoms with Crippen molar-refractivity contribution in [3.63, 3.8) is 0 Å². The number of benzene rings is 1. The maximum absolute atomic E-state index is 13.8. The van der Waals surface area contributed by atoms with Crippen LogP contribution < -0.4 is 5.14 Å². The van der Waals surface area contributed by atoms with Crippen LogP contribution in [0.15, 0.2) is 17.0 Å². The average Bonchev–Trinajstić information content (AvgIpc) is 2.39. The number of hydrogen-bond donors (Lipinski definition) is 1. The van der Waals surface area contributed by atoms with E-state index in [0.29, 0.717) is 19.8 Å². The molecule has 1 amide bonds. The molecule has 0 atom stereocenters. The minimum Gasteiger partial charge on any atom is -0.380 e. The zero-order valence-electron chi connectivity index (χ0n) is 12.2. The molecule has 0 heterocycles. The summed E-state index contributed by atoms with van der Waals surface area (Å²) in [6.45, 7) is 4.30. The van der Waals surface area contributed by atoms with Crippen LogP contribution in [-0.4, -0.2) is 46.0 Å². The summed E-state index contributed by atoms with van der Waals surface area (Å²) in [6, 6.07) is 2.09. The van der Waals surface area contributed by atoms with E-state index in [-0.39, 0.29) is 16.0 Å². The van der Waals surface area contributed by atoms with E-state index in [1.54, 1.807) is 0 Å². The first-order valence-electron chi connectivity index (χ1n) is 6.34. The van der Waals surface area contributed by atoms with Crippen LogP contribution in [0.25, 0.3) is 0 Å². The van der Waals surface area contributed by atoms with E-state index in [0.717, 1.165) is 12.1 Å². The van der Waals surface area contributed by atoms with Gasteiger partial charge in [-0.25, -0.2) is 17.9 Å². The van der Waals surface area contributed by atoms with E-state index in [1.165, 1.54) is 18.9 Å². The highest BCUT2D eigenvalue weighted by molar-refractivity contribution is 7.89. The maximum atomic E-state index is 13.8. The van der Waals surface area contributed by atoms with Crippen LogP contribution in [0.4, 0.5) is 4.39 Å². The second-order valence-corrected chi connectivity index (χ2v) is 6.08. The van der Waals surface area contributed by atoms with Gasteiger partial charge in [-0.3, -0.25) is 4.79 Å². The third-order valence-electron chi connectivity index (χ3n) is 2.97. The number of hydrogen-bond acceptors (Lipinski definition) is 4. The summed E-state index contributed by atoms with van der Waals surface area (Å²) in [6.07, 6.45) is 0. The lowest BCUT2D eigenvalue weighted by Crippen LogP contribution is -2.30. The molecule has 21 heavy (non-hydrogen) atoms. The molecule has 1 aromatic rings. The van der Waals surface area contributed by atoms with Gasteiger partial charge < -0.3 is 9.64 Å². The van der Waals surface area contributed by atoms with E-state index < -0.39 is 21.7 Å². The number of nitrogens with two attached hydrogens (primary N) is 1. The fraction of sp³-hybridized carbons (Fsp3) is 0.462. The van der Waals surface area contributed by atoms with Gasteiger partial charge >= 0.3 is 0 Å². The van der Waals surface area contributed by atoms with Crippen LogP contribution in [0.2, 0.25) is 0 Å². The average molecular weight is 318 g/mol. The number of sulfonamides is 1. The van der Waals surface area contributed by atoms with Gasteiger partial charge in [-0.2, -0.15) is 0 Å². The highest BCUT2D eigenvalue weighted by atomic mass is 32.2. The summed E-state index contributed by atoms with van der Waals surface area (Å²) >= 11 is 0. The number of carbonyl (C=O) groups is 1. The van der Waals surface area contributed by atoms with E-state index >= 15 is 0 Å². The Morgan fingerprint density at radius 1 is 1.43 bits per heavy atom. The van der Waals surface area contributed by atoms with Gasteiger partial charge in [-0.1, -0.05) is 0 Å². The van der Waals surface area contributed by atoms with Crippen molar-refractivity contribution >= 4 is 15.9 Å². The first kappa shape index (κ1) is 17.5. The molecule has 0 bridgehead atoms. The minimum absolute atomic E-state index is 0.0684. The molecule has 0 aliphatic rings. The van der Waals surface area contributed by atoms with Crippen LogP contribution in [0, 0.1) is 12.7 Å². The van der Waals surface area contributed by atoms with Gasteiger partial charge in [0.05, 0.1) is 11.5 Å². The quantitative estimate of drug-likeness (QED) is 0.789. The molecular formula is C13H19FN2O4S. The third-order valence-corrected chi connectivity index (χ3v) is 4.01. The predicted molar refractivity (Wildman–Crippen MR) is 76.0 cm³/mol. The van der Waals surface area contributed by atoms with Gasteiger partial charge in [0.25, 0.3) is 5.91 Å². The van der Waals surface area contributed by atoms with E-state index in [4.69, 9.17) is 9.88 Å². The molecule has 0 saturated carbocycles. The Kier molecular flexibility index (Phi) is 5.82. The molecule has 0 aliphatic carbocycles. The normalized spacial score (nSPS) is 11.5. The number of rotatable bonds is 6. The minimum atomic E-state index is -4.09. The molecule has 118 valence electrons. The van der Waals surface area contributed by atoms with Gasteiger partial charge in [0.1, 0.15) is 5.82 Å². The number of carbonyl (C=O) groups excluding carboxylic acids is 1. The molecule has 2 N–H and O–H groups in total. The van der Waals surface area contributed by atoms with Gasteiger partial charge in [0.15, 0.2) is 0 Å². The number of ether oxygens (including phenoxy) is 1. The van der Waals surface area contributed by atoms with Crippen LogP contribution in [0.5, 0.6) is 0 Å². The summed E-state index contributed by atoms with van der Waals surface area (Å²) < 4.78 is 41.8. The van der Waals surface area contributed by atoms with Crippen molar-refractivity contribution in [1.82, 2.24) is 4.90 Å². The molecule has 6 nitrogen and oxygen atoms in total. The SMILES string of the molecule is CCOCCN(C)C(=O)c1cc(F)c(C)c(S(N)(=O)=O)c1. The predicted octanol–water partition coefficient (Wildman–Crippen LogP) is 0.890. The standard InChI is InChI=1S/C13H19FN2O4S/c1-4-20-6-5-16(3)13(17)10-7-11(14)9(2)12(8-10)21(15,18)19/h7-8H,4-6H2,1-3H3,(H2,15,18,19). The molecule has 8 heteroatoms. The fourth-order valence-electron chi connectivity index (χ4n) is 1.74. The summed E-state index contributed by atoms with van der Waals surface area (Å²) in [4.78, 5) is 13.1. The molecule has 0 unspecified atom stereocenters. The number of halogens is 1. The lowest BCUT2D eigenvalue weighted by Gasteiger charge is -2.18. The number of nitrogens with zero attached hydrogens (tertiary/aromatic N) is 1. The second-order valence-electron chi connectivity index (χ2n) is 4.55. The highest BCUT2D eigenvalue weighted by Gasteiger charge is 2.20. The van der Waals surface area contributed by atoms with Crippen molar-refractivity contribution in [3.05, 3.63) is 29.1 Å². The molecule has 0 aliphatic heterocycles. The van der Waals surface area contributed by atoms with Crippen molar-refractivity contribution in [2.24, 2.45) is 5.14 Å². The topological polar surface area (TPSA) is 89.7 Å². The molecule has 0 spiro atoms. The third kappa shape index (κ3) is 4.48. The van der Waals surface area contributed by atoms with E-state index in [1.807, 2.05) is 6.92 Å². The lowest BCUT2D eigenvalue weighted by atomic mass is 10.1. The van der Waals surface area contributed by atoms with Crippen molar-refractivity contribution in [1.29, 1.82) is 0 Å². The van der Waals surface area contributed by atoms with Crippen molar-refractivity contribution in [2.45, 2.75) is 18.7 Å². The number of amides is 1. The van der Waals surface area contributed by atoms with E-state index in [9.17, 15) is 17.6 Å². The zero-order valence-corrected chi connectivity index (χ0v) is 13.0. The van der Waals surface area contributed by atoms with Crippen LogP contribution in [0.3, 0.4) is 0 Å². The Bertz CT molecular complexity index is 631. The van der Waals surface area contributed by atoms with Crippen molar-refractivity contribution < 1.29 is 22.3 Å². The number of likely N-dealkylation sites (N-methyl/N-ethyl adjacent to an activating group) is 1. The number of primary sulfonamides is 1. The Morgan fingerprint density at radius 3 is 2.57 bits per heavy atom. The molecular weight excluding hydrogens is 299 g/mol. The van der Waals surface area contributed by atoms with Gasteiger partial charge in [0, 0.05) is 31.3 Å². The van der Waals surface area contributed by atoms with Crippen molar-refractivity contribution in [3.8, 4) is 0 Å². The summed E-state index contributed by atoms with van der Waals surface area (Å²) in [5, 5.41) is 5.03. The molecule has 1 rings (SSSR count). The van der Waals surface area contributed by atoms with Gasteiger partial charge in [-0.05, 0) is 26.0 Å². The van der Waals surface area contributed by atoms with Crippen LogP contribution in [0.1, 0.15) is 22.8 Å². The Balaban J connectivity index is 3.09. The molecule has 0 aromatic heterocycles. The monoisotopic (exact) mass is 318 g/mol. The molecule has 0 radical (unpaired) electrons. The lowest BCUT2D eigenvalue weighted by molar-refractivity contribution is 0.0709. The molecule has 0 saturated heterocycles. The van der Waals surface area contributed by atoms with Crippen LogP contribution in [-0.2, 0) is 14.8 Å². The van der Waals surface area contributed by atoms with E-state index in [2.05, 4.69) is 0 Å². The summed E-state index contributed by atoms with van der Waals surface area (Å²) in [7, 11) is -2.57. The summed E-state index contributed by atoms with van der Waals surface area (Å²) in [5.74, 6) is -1.29. The van der Waals surface area contributed by atoms with Gasteiger partial charge in [-0.15, -0.1) is 0 Å².